The van der Waals surface area contributed by atoms with Crippen molar-refractivity contribution in [2.45, 2.75) is 39.0 Å². The SMILES string of the molecule is CC(C)Cc1ccc(C(=O)Nc2cc(C(=O)N3CCC(c4ccc(-c5cnn(C)c5)cc4)CC3)ccc2O)cn1. The van der Waals surface area contributed by atoms with Crippen LogP contribution in [0.25, 0.3) is 11.1 Å². The molecule has 8 nitrogen and oxygen atoms in total. The van der Waals surface area contributed by atoms with Gasteiger partial charge in [-0.2, -0.15) is 5.10 Å². The Bertz CT molecular complexity index is 1480. The van der Waals surface area contributed by atoms with Crippen LogP contribution in [0, 0.1) is 5.92 Å². The van der Waals surface area contributed by atoms with Gasteiger partial charge in [0, 0.05) is 49.4 Å². The summed E-state index contributed by atoms with van der Waals surface area (Å²) in [5, 5.41) is 17.3. The van der Waals surface area contributed by atoms with Crippen molar-refractivity contribution in [1.82, 2.24) is 19.7 Å². The van der Waals surface area contributed by atoms with Gasteiger partial charge in [0.2, 0.25) is 0 Å². The number of nitrogens with one attached hydrogen (secondary N) is 1. The fourth-order valence-electron chi connectivity index (χ4n) is 5.18. The third-order valence-electron chi connectivity index (χ3n) is 7.40. The number of aromatic nitrogens is 3. The molecule has 8 heteroatoms. The van der Waals surface area contributed by atoms with E-state index in [1.807, 2.05) is 30.4 Å². The molecule has 3 heterocycles. The summed E-state index contributed by atoms with van der Waals surface area (Å²) >= 11 is 0. The topological polar surface area (TPSA) is 100 Å². The fourth-order valence-corrected chi connectivity index (χ4v) is 5.18. The van der Waals surface area contributed by atoms with Crippen LogP contribution in [0.1, 0.15) is 64.6 Å². The summed E-state index contributed by atoms with van der Waals surface area (Å²) in [5.74, 6) is 0.268. The molecule has 0 atom stereocenters. The number of likely N-dealkylation sites (tertiary alicyclic amines) is 1. The van der Waals surface area contributed by atoms with Gasteiger partial charge in [-0.1, -0.05) is 38.1 Å². The molecule has 0 radical (unpaired) electrons. The smallest absolute Gasteiger partial charge is 0.257 e. The number of aryl methyl sites for hydroxylation is 1. The zero-order valence-corrected chi connectivity index (χ0v) is 23.2. The average molecular weight is 538 g/mol. The highest BCUT2D eigenvalue weighted by molar-refractivity contribution is 6.05. The fraction of sp³-hybridized carbons (Fsp3) is 0.312. The summed E-state index contributed by atoms with van der Waals surface area (Å²) in [4.78, 5) is 32.3. The number of hydrogen-bond donors (Lipinski definition) is 2. The van der Waals surface area contributed by atoms with Crippen LogP contribution in [-0.4, -0.2) is 49.7 Å². The van der Waals surface area contributed by atoms with E-state index >= 15 is 0 Å². The number of benzene rings is 2. The molecular weight excluding hydrogens is 502 g/mol. The first-order valence-corrected chi connectivity index (χ1v) is 13.7. The number of carbonyl (C=O) groups is 2. The number of carbonyl (C=O) groups excluding carboxylic acids is 2. The Morgan fingerprint density at radius 1 is 0.975 bits per heavy atom. The average Bonchev–Trinajstić information content (AvgIpc) is 3.40. The van der Waals surface area contributed by atoms with Gasteiger partial charge >= 0.3 is 0 Å². The van der Waals surface area contributed by atoms with E-state index in [2.05, 4.69) is 53.5 Å². The molecule has 2 N–H and O–H groups in total. The first-order valence-electron chi connectivity index (χ1n) is 13.7. The Hall–Kier alpha value is -4.46. The number of nitrogens with zero attached hydrogens (tertiary/aromatic N) is 4. The van der Waals surface area contributed by atoms with Gasteiger partial charge in [0.15, 0.2) is 0 Å². The van der Waals surface area contributed by atoms with Gasteiger partial charge in [-0.05, 0) is 72.6 Å². The van der Waals surface area contributed by atoms with E-state index in [0.29, 0.717) is 36.1 Å². The van der Waals surface area contributed by atoms with Crippen LogP contribution in [0.3, 0.4) is 0 Å². The van der Waals surface area contributed by atoms with Crippen LogP contribution in [0.4, 0.5) is 5.69 Å². The number of amides is 2. The summed E-state index contributed by atoms with van der Waals surface area (Å²) in [6.45, 7) is 5.52. The molecule has 2 aromatic carbocycles. The van der Waals surface area contributed by atoms with Gasteiger partial charge in [-0.25, -0.2) is 0 Å². The lowest BCUT2D eigenvalue weighted by Gasteiger charge is -2.32. The molecule has 0 bridgehead atoms. The molecule has 1 aliphatic heterocycles. The zero-order chi connectivity index (χ0) is 28.2. The number of hydrogen-bond acceptors (Lipinski definition) is 5. The van der Waals surface area contributed by atoms with Crippen molar-refractivity contribution in [3.8, 4) is 16.9 Å². The normalized spacial score (nSPS) is 13.9. The Morgan fingerprint density at radius 3 is 2.33 bits per heavy atom. The molecule has 2 amide bonds. The van der Waals surface area contributed by atoms with Crippen LogP contribution >= 0.6 is 0 Å². The second-order valence-electron chi connectivity index (χ2n) is 10.9. The highest BCUT2D eigenvalue weighted by Crippen LogP contribution is 2.31. The summed E-state index contributed by atoms with van der Waals surface area (Å²) in [7, 11) is 1.91. The molecule has 0 unspecified atom stereocenters. The van der Waals surface area contributed by atoms with Crippen LogP contribution in [0.5, 0.6) is 5.75 Å². The Morgan fingerprint density at radius 2 is 1.70 bits per heavy atom. The standard InChI is InChI=1S/C32H35N5O3/c1-21(2)16-28-10-8-26(18-33-28)31(39)35-29-17-25(9-11-30(29)38)32(40)37-14-12-24(13-15-37)22-4-6-23(7-5-22)27-19-34-36(3)20-27/h4-11,17-21,24,38H,12-16H2,1-3H3,(H,35,39). The van der Waals surface area contributed by atoms with Gasteiger partial charge in [0.1, 0.15) is 5.75 Å². The number of phenols is 1. The summed E-state index contributed by atoms with van der Waals surface area (Å²) < 4.78 is 1.80. The second-order valence-corrected chi connectivity index (χ2v) is 10.9. The van der Waals surface area contributed by atoms with Crippen molar-refractivity contribution in [1.29, 1.82) is 0 Å². The molecule has 1 saturated heterocycles. The molecule has 206 valence electrons. The maximum Gasteiger partial charge on any atom is 0.257 e. The quantitative estimate of drug-likeness (QED) is 0.297. The molecular formula is C32H35N5O3. The minimum absolute atomic E-state index is 0.0947. The van der Waals surface area contributed by atoms with Gasteiger partial charge < -0.3 is 15.3 Å². The van der Waals surface area contributed by atoms with Crippen molar-refractivity contribution < 1.29 is 14.7 Å². The first-order chi connectivity index (χ1) is 19.3. The number of pyridine rings is 1. The van der Waals surface area contributed by atoms with E-state index in [1.54, 1.807) is 22.9 Å². The Labute approximate surface area is 234 Å². The number of aromatic hydroxyl groups is 1. The van der Waals surface area contributed by atoms with Crippen molar-refractivity contribution >= 4 is 17.5 Å². The summed E-state index contributed by atoms with van der Waals surface area (Å²) in [5.41, 5.74) is 5.45. The first kappa shape index (κ1) is 27.1. The monoisotopic (exact) mass is 537 g/mol. The van der Waals surface area contributed by atoms with E-state index in [0.717, 1.165) is 36.1 Å². The molecule has 40 heavy (non-hydrogen) atoms. The maximum atomic E-state index is 13.3. The predicted molar refractivity (Wildman–Crippen MR) is 155 cm³/mol. The third-order valence-corrected chi connectivity index (χ3v) is 7.40. The third kappa shape index (κ3) is 6.22. The van der Waals surface area contributed by atoms with Crippen molar-refractivity contribution in [3.05, 3.63) is 95.6 Å². The molecule has 0 spiro atoms. The number of phenolic OH excluding ortho intramolecular Hbond substituents is 1. The number of piperidine rings is 1. The lowest BCUT2D eigenvalue weighted by molar-refractivity contribution is 0.0712. The van der Waals surface area contributed by atoms with Crippen LogP contribution in [0.15, 0.2) is 73.2 Å². The Balaban J connectivity index is 1.19. The molecule has 2 aromatic heterocycles. The minimum Gasteiger partial charge on any atom is -0.506 e. The molecule has 1 aliphatic rings. The van der Waals surface area contributed by atoms with Crippen molar-refractivity contribution in [2.75, 3.05) is 18.4 Å². The van der Waals surface area contributed by atoms with E-state index < -0.39 is 0 Å². The van der Waals surface area contributed by atoms with Gasteiger partial charge in [0.25, 0.3) is 11.8 Å². The molecule has 0 saturated carbocycles. The lowest BCUT2D eigenvalue weighted by Crippen LogP contribution is -2.37. The summed E-state index contributed by atoms with van der Waals surface area (Å²) in [6.07, 6.45) is 7.99. The Kier molecular flexibility index (Phi) is 7.96. The summed E-state index contributed by atoms with van der Waals surface area (Å²) in [6, 6.07) is 16.8. The van der Waals surface area contributed by atoms with Gasteiger partial charge in [-0.15, -0.1) is 0 Å². The minimum atomic E-state index is -0.390. The number of rotatable bonds is 7. The van der Waals surface area contributed by atoms with E-state index in [9.17, 15) is 14.7 Å². The van der Waals surface area contributed by atoms with E-state index in [-0.39, 0.29) is 23.3 Å². The molecule has 0 aliphatic carbocycles. The molecule has 1 fully saturated rings. The molecule has 5 rings (SSSR count). The largest absolute Gasteiger partial charge is 0.506 e. The maximum absolute atomic E-state index is 13.3. The second kappa shape index (κ2) is 11.7. The van der Waals surface area contributed by atoms with Crippen molar-refractivity contribution in [2.24, 2.45) is 13.0 Å². The van der Waals surface area contributed by atoms with Gasteiger partial charge in [-0.3, -0.25) is 19.3 Å². The predicted octanol–water partition coefficient (Wildman–Crippen LogP) is 5.66. The zero-order valence-electron chi connectivity index (χ0n) is 23.2. The highest BCUT2D eigenvalue weighted by atomic mass is 16.3. The highest BCUT2D eigenvalue weighted by Gasteiger charge is 2.25. The van der Waals surface area contributed by atoms with Crippen molar-refractivity contribution in [3.63, 3.8) is 0 Å². The van der Waals surface area contributed by atoms with Crippen LogP contribution < -0.4 is 5.32 Å². The molecule has 4 aromatic rings. The lowest BCUT2D eigenvalue weighted by atomic mass is 9.88. The van der Waals surface area contributed by atoms with E-state index in [4.69, 9.17) is 0 Å². The van der Waals surface area contributed by atoms with E-state index in [1.165, 1.54) is 17.8 Å². The van der Waals surface area contributed by atoms with Crippen LogP contribution in [0.2, 0.25) is 0 Å². The number of anilines is 1. The van der Waals surface area contributed by atoms with Gasteiger partial charge in [0.05, 0.1) is 17.4 Å². The van der Waals surface area contributed by atoms with Crippen LogP contribution in [-0.2, 0) is 13.5 Å².